The zero-order valence-corrected chi connectivity index (χ0v) is 11.5. The van der Waals surface area contributed by atoms with Gasteiger partial charge in [-0.1, -0.05) is 30.3 Å². The molecule has 5 nitrogen and oxygen atoms in total. The molecule has 2 atom stereocenters. The van der Waals surface area contributed by atoms with E-state index in [1.165, 1.54) is 0 Å². The fraction of sp³-hybridized carbons (Fsp3) is 0.429. The van der Waals surface area contributed by atoms with Gasteiger partial charge in [-0.05, 0) is 5.56 Å². The molecule has 2 rings (SSSR count). The number of nitrogens with zero attached hydrogens (tertiary/aromatic N) is 1. The van der Waals surface area contributed by atoms with Gasteiger partial charge in [0.15, 0.2) is 0 Å². The molecule has 0 spiro atoms. The molecule has 1 aliphatic rings. The van der Waals surface area contributed by atoms with Crippen molar-refractivity contribution in [2.75, 3.05) is 13.1 Å². The highest BCUT2D eigenvalue weighted by atomic mass is 19.4. The molecule has 1 saturated heterocycles. The van der Waals surface area contributed by atoms with Crippen LogP contribution in [0.4, 0.5) is 13.2 Å². The number of benzene rings is 1. The molecule has 0 radical (unpaired) electrons. The van der Waals surface area contributed by atoms with Crippen LogP contribution < -0.4 is 5.32 Å². The Bertz CT molecular complexity index is 548. The van der Waals surface area contributed by atoms with E-state index < -0.39 is 30.0 Å². The van der Waals surface area contributed by atoms with Crippen molar-refractivity contribution in [3.63, 3.8) is 0 Å². The van der Waals surface area contributed by atoms with Crippen molar-refractivity contribution in [1.29, 1.82) is 0 Å². The molecule has 1 aromatic rings. The highest BCUT2D eigenvalue weighted by molar-refractivity contribution is 5.83. The van der Waals surface area contributed by atoms with Crippen LogP contribution in [-0.2, 0) is 16.1 Å². The number of aliphatic carboxylic acids is 1. The summed E-state index contributed by atoms with van der Waals surface area (Å²) in [6.45, 7) is 0.573. The number of carbonyl (C=O) groups is 2. The molecule has 1 fully saturated rings. The predicted octanol–water partition coefficient (Wildman–Crippen LogP) is 1.25. The summed E-state index contributed by atoms with van der Waals surface area (Å²) in [4.78, 5) is 23.9. The average Bonchev–Trinajstić information content (AvgIpc) is 2.81. The molecule has 1 aliphatic heterocycles. The Labute approximate surface area is 124 Å². The van der Waals surface area contributed by atoms with Gasteiger partial charge in [0.25, 0.3) is 0 Å². The van der Waals surface area contributed by atoms with Crippen molar-refractivity contribution >= 4 is 11.9 Å². The summed E-state index contributed by atoms with van der Waals surface area (Å²) in [5.41, 5.74) is 0.925. The van der Waals surface area contributed by atoms with Crippen LogP contribution in [0.2, 0.25) is 0 Å². The number of rotatable bonds is 4. The number of carboxylic acids is 1. The first kappa shape index (κ1) is 16.3. The van der Waals surface area contributed by atoms with Crippen LogP contribution in [0.5, 0.6) is 0 Å². The molecule has 120 valence electrons. The Morgan fingerprint density at radius 3 is 2.41 bits per heavy atom. The molecular formula is C14H15F3N2O3. The average molecular weight is 316 g/mol. The van der Waals surface area contributed by atoms with Gasteiger partial charge in [0.05, 0.1) is 12.0 Å². The van der Waals surface area contributed by atoms with Gasteiger partial charge in [-0.15, -0.1) is 0 Å². The number of halogens is 3. The van der Waals surface area contributed by atoms with Crippen LogP contribution >= 0.6 is 0 Å². The van der Waals surface area contributed by atoms with E-state index in [1.807, 2.05) is 30.3 Å². The van der Waals surface area contributed by atoms with E-state index >= 15 is 0 Å². The number of amides is 1. The van der Waals surface area contributed by atoms with Gasteiger partial charge in [-0.3, -0.25) is 14.5 Å². The summed E-state index contributed by atoms with van der Waals surface area (Å²) < 4.78 is 36.9. The lowest BCUT2D eigenvalue weighted by molar-refractivity contribution is -0.174. The third kappa shape index (κ3) is 3.97. The third-order valence-electron chi connectivity index (χ3n) is 3.54. The molecule has 0 aromatic heterocycles. The molecule has 2 unspecified atom stereocenters. The van der Waals surface area contributed by atoms with E-state index in [2.05, 4.69) is 0 Å². The standard InChI is InChI=1S/C14H15F3N2O3/c15-14(16,17)13(22)18-11-8-19(7-10(11)12(20)21)6-9-4-2-1-3-5-9/h1-5,10-11H,6-8H2,(H,18,22)(H,20,21). The number of carbonyl (C=O) groups excluding carboxylic acids is 1. The first-order chi connectivity index (χ1) is 10.3. The topological polar surface area (TPSA) is 69.6 Å². The summed E-state index contributed by atoms with van der Waals surface area (Å²) in [5, 5.41) is 10.9. The van der Waals surface area contributed by atoms with E-state index in [-0.39, 0.29) is 13.1 Å². The van der Waals surface area contributed by atoms with E-state index in [0.29, 0.717) is 6.54 Å². The third-order valence-corrected chi connectivity index (χ3v) is 3.54. The maximum atomic E-state index is 12.3. The molecule has 1 aromatic carbocycles. The van der Waals surface area contributed by atoms with Gasteiger partial charge >= 0.3 is 18.1 Å². The summed E-state index contributed by atoms with van der Waals surface area (Å²) >= 11 is 0. The molecule has 2 N–H and O–H groups in total. The number of alkyl halides is 3. The number of hydrogen-bond acceptors (Lipinski definition) is 3. The second kappa shape index (κ2) is 6.35. The van der Waals surface area contributed by atoms with Crippen molar-refractivity contribution < 1.29 is 27.9 Å². The largest absolute Gasteiger partial charge is 0.481 e. The van der Waals surface area contributed by atoms with Crippen LogP contribution in [0.15, 0.2) is 30.3 Å². The van der Waals surface area contributed by atoms with Crippen molar-refractivity contribution in [2.24, 2.45) is 5.92 Å². The number of nitrogens with one attached hydrogen (secondary N) is 1. The Kier molecular flexibility index (Phi) is 4.70. The lowest BCUT2D eigenvalue weighted by Gasteiger charge is -2.18. The van der Waals surface area contributed by atoms with E-state index in [0.717, 1.165) is 5.56 Å². The second-order valence-electron chi connectivity index (χ2n) is 5.20. The maximum Gasteiger partial charge on any atom is 0.471 e. The van der Waals surface area contributed by atoms with Crippen molar-refractivity contribution in [2.45, 2.75) is 18.8 Å². The Balaban J connectivity index is 2.03. The second-order valence-corrected chi connectivity index (χ2v) is 5.20. The van der Waals surface area contributed by atoms with E-state index in [4.69, 9.17) is 5.11 Å². The van der Waals surface area contributed by atoms with E-state index in [1.54, 1.807) is 10.2 Å². The fourth-order valence-corrected chi connectivity index (χ4v) is 2.50. The van der Waals surface area contributed by atoms with Crippen LogP contribution in [0.1, 0.15) is 5.56 Å². The number of likely N-dealkylation sites (tertiary alicyclic amines) is 1. The minimum absolute atomic E-state index is 0.0632. The zero-order valence-electron chi connectivity index (χ0n) is 11.5. The van der Waals surface area contributed by atoms with Crippen LogP contribution in [0.25, 0.3) is 0 Å². The number of hydrogen-bond donors (Lipinski definition) is 2. The Morgan fingerprint density at radius 1 is 1.23 bits per heavy atom. The maximum absolute atomic E-state index is 12.3. The summed E-state index contributed by atoms with van der Waals surface area (Å²) in [5.74, 6) is -4.39. The monoisotopic (exact) mass is 316 g/mol. The quantitative estimate of drug-likeness (QED) is 0.877. The Hall–Kier alpha value is -2.09. The SMILES string of the molecule is O=C(O)C1CN(Cc2ccccc2)CC1NC(=O)C(F)(F)F. The van der Waals surface area contributed by atoms with Gasteiger partial charge < -0.3 is 10.4 Å². The molecule has 0 aliphatic carbocycles. The summed E-state index contributed by atoms with van der Waals surface area (Å²) in [6.07, 6.45) is -5.02. The molecule has 1 amide bonds. The molecule has 8 heteroatoms. The first-order valence-corrected chi connectivity index (χ1v) is 6.64. The van der Waals surface area contributed by atoms with Crippen molar-refractivity contribution in [3.05, 3.63) is 35.9 Å². The van der Waals surface area contributed by atoms with Crippen molar-refractivity contribution in [1.82, 2.24) is 10.2 Å². The number of carboxylic acid groups (broad SMARTS) is 1. The highest BCUT2D eigenvalue weighted by Gasteiger charge is 2.44. The molecular weight excluding hydrogens is 301 g/mol. The predicted molar refractivity (Wildman–Crippen MR) is 70.8 cm³/mol. The zero-order chi connectivity index (χ0) is 16.3. The summed E-state index contributed by atoms with van der Waals surface area (Å²) in [7, 11) is 0. The summed E-state index contributed by atoms with van der Waals surface area (Å²) in [6, 6.07) is 8.11. The van der Waals surface area contributed by atoms with Gasteiger partial charge in [0, 0.05) is 19.6 Å². The smallest absolute Gasteiger partial charge is 0.471 e. The van der Waals surface area contributed by atoms with Gasteiger partial charge in [-0.2, -0.15) is 13.2 Å². The molecule has 22 heavy (non-hydrogen) atoms. The normalized spacial score (nSPS) is 22.5. The molecule has 0 saturated carbocycles. The van der Waals surface area contributed by atoms with Gasteiger partial charge in [0.2, 0.25) is 0 Å². The van der Waals surface area contributed by atoms with E-state index in [9.17, 15) is 22.8 Å². The van der Waals surface area contributed by atoms with Crippen LogP contribution in [0.3, 0.4) is 0 Å². The van der Waals surface area contributed by atoms with Gasteiger partial charge in [0.1, 0.15) is 0 Å². The Morgan fingerprint density at radius 2 is 1.86 bits per heavy atom. The molecule has 1 heterocycles. The minimum Gasteiger partial charge on any atom is -0.481 e. The minimum atomic E-state index is -5.02. The highest BCUT2D eigenvalue weighted by Crippen LogP contribution is 2.22. The lowest BCUT2D eigenvalue weighted by atomic mass is 10.0. The van der Waals surface area contributed by atoms with Gasteiger partial charge in [-0.25, -0.2) is 0 Å². The first-order valence-electron chi connectivity index (χ1n) is 6.64. The van der Waals surface area contributed by atoms with Crippen LogP contribution in [-0.4, -0.2) is 47.2 Å². The van der Waals surface area contributed by atoms with Crippen LogP contribution in [0, 0.1) is 5.92 Å². The van der Waals surface area contributed by atoms with Crippen molar-refractivity contribution in [3.8, 4) is 0 Å². The fourth-order valence-electron chi connectivity index (χ4n) is 2.50. The lowest BCUT2D eigenvalue weighted by Crippen LogP contribution is -2.48. The molecule has 0 bridgehead atoms.